The van der Waals surface area contributed by atoms with Crippen LogP contribution >= 0.6 is 0 Å². The molecule has 4 heterocycles. The molecule has 0 fully saturated rings. The van der Waals surface area contributed by atoms with Crippen molar-refractivity contribution in [1.29, 1.82) is 0 Å². The van der Waals surface area contributed by atoms with Crippen LogP contribution in [0.5, 0.6) is 0 Å². The summed E-state index contributed by atoms with van der Waals surface area (Å²) in [6.07, 6.45) is 9.87. The molecule has 1 aliphatic rings. The third kappa shape index (κ3) is 7.03. The van der Waals surface area contributed by atoms with Crippen molar-refractivity contribution < 1.29 is 21.1 Å². The van der Waals surface area contributed by atoms with Crippen molar-refractivity contribution >= 4 is 18.1 Å². The first kappa shape index (κ1) is 42.0. The van der Waals surface area contributed by atoms with E-state index < -0.39 is 10.8 Å². The standard InChI is InChI=1S/C52H52BN7.Pt/c1-34(2)39-22-16-23-40(35(3)4)47(39)59-30-28-55-50(59)48-56-33-45(57-48)52(7,8)51(5,6)38-26-27-44-43(32-38)49-54-29-31-60(49)53(58(44)9)46-41(36-18-12-10-13-19-36)24-17-25-42(46)37-20-14-11-15-21-37;/h10-31,33-35H,1-9H3;/q-2;+2. The zero-order valence-corrected chi connectivity index (χ0v) is 38.7. The minimum atomic E-state index is -0.433. The summed E-state index contributed by atoms with van der Waals surface area (Å²) < 4.78 is 4.50. The van der Waals surface area contributed by atoms with Gasteiger partial charge < -0.3 is 19.3 Å². The number of rotatable bonds is 10. The maximum atomic E-state index is 5.26. The van der Waals surface area contributed by atoms with E-state index in [-0.39, 0.29) is 28.0 Å². The summed E-state index contributed by atoms with van der Waals surface area (Å²) in [7, 11) is 2.19. The predicted octanol–water partition coefficient (Wildman–Crippen LogP) is 11.1. The first-order chi connectivity index (χ1) is 28.9. The van der Waals surface area contributed by atoms with Crippen molar-refractivity contribution in [1.82, 2.24) is 29.0 Å². The van der Waals surface area contributed by atoms with Crippen molar-refractivity contribution in [3.8, 4) is 51.0 Å². The van der Waals surface area contributed by atoms with Crippen molar-refractivity contribution in [3.05, 3.63) is 169 Å². The van der Waals surface area contributed by atoms with Gasteiger partial charge in [0.15, 0.2) is 0 Å². The van der Waals surface area contributed by atoms with Crippen LogP contribution < -0.4 is 15.3 Å². The fourth-order valence-electron chi connectivity index (χ4n) is 9.05. The van der Waals surface area contributed by atoms with E-state index in [1.807, 2.05) is 24.8 Å². The molecular weight excluding hydrogens is 929 g/mol. The Hall–Kier alpha value is -5.72. The van der Waals surface area contributed by atoms with Crippen LogP contribution in [0.4, 0.5) is 5.69 Å². The van der Waals surface area contributed by atoms with E-state index in [4.69, 9.17) is 19.9 Å². The van der Waals surface area contributed by atoms with Gasteiger partial charge in [0.1, 0.15) is 5.82 Å². The van der Waals surface area contributed by atoms with Crippen molar-refractivity contribution in [2.75, 3.05) is 11.9 Å². The minimum absolute atomic E-state index is 0. The zero-order chi connectivity index (χ0) is 41.9. The van der Waals surface area contributed by atoms with Gasteiger partial charge in [0.25, 0.3) is 0 Å². The number of benzene rings is 5. The van der Waals surface area contributed by atoms with Gasteiger partial charge in [-0.3, -0.25) is 9.55 Å². The molecule has 5 aromatic carbocycles. The normalized spacial score (nSPS) is 12.8. The molecule has 9 rings (SSSR count). The van der Waals surface area contributed by atoms with Gasteiger partial charge in [-0.15, -0.1) is 23.8 Å². The van der Waals surface area contributed by atoms with Crippen LogP contribution in [0.15, 0.2) is 140 Å². The summed E-state index contributed by atoms with van der Waals surface area (Å²) in [5.74, 6) is 2.97. The number of aromatic nitrogens is 6. The van der Waals surface area contributed by atoms with E-state index in [1.54, 1.807) is 0 Å². The van der Waals surface area contributed by atoms with Gasteiger partial charge in [-0.2, -0.15) is 0 Å². The van der Waals surface area contributed by atoms with E-state index >= 15 is 0 Å². The van der Waals surface area contributed by atoms with Crippen molar-refractivity contribution in [2.45, 2.75) is 78.1 Å². The number of hydrogen-bond acceptors (Lipinski definition) is 4. The first-order valence-electron chi connectivity index (χ1n) is 21.1. The summed E-state index contributed by atoms with van der Waals surface area (Å²) in [5, 5.41) is 0. The third-order valence-electron chi connectivity index (χ3n) is 13.2. The molecule has 0 spiro atoms. The molecule has 0 N–H and O–H groups in total. The molecule has 0 bridgehead atoms. The van der Waals surface area contributed by atoms with Crippen molar-refractivity contribution in [2.24, 2.45) is 0 Å². The third-order valence-corrected chi connectivity index (χ3v) is 13.2. The molecule has 0 amide bonds. The van der Waals surface area contributed by atoms with Gasteiger partial charge in [-0.25, -0.2) is 4.98 Å². The Kier molecular flexibility index (Phi) is 11.2. The summed E-state index contributed by atoms with van der Waals surface area (Å²) in [5.41, 5.74) is 13.0. The second-order valence-electron chi connectivity index (χ2n) is 17.8. The summed E-state index contributed by atoms with van der Waals surface area (Å²) in [6, 6.07) is 43.1. The molecule has 0 radical (unpaired) electrons. The number of hydrogen-bond donors (Lipinski definition) is 0. The monoisotopic (exact) mass is 980 g/mol. The van der Waals surface area contributed by atoms with Crippen LogP contribution in [0.3, 0.4) is 0 Å². The molecule has 7 nitrogen and oxygen atoms in total. The molecule has 0 aliphatic carbocycles. The molecule has 0 saturated heterocycles. The molecular formula is C52H52BN7Pt. The zero-order valence-electron chi connectivity index (χ0n) is 36.5. The Morgan fingerprint density at radius 2 is 1.21 bits per heavy atom. The average Bonchev–Trinajstić information content (AvgIpc) is 4.06. The molecule has 308 valence electrons. The van der Waals surface area contributed by atoms with Crippen LogP contribution in [0, 0.1) is 6.07 Å². The van der Waals surface area contributed by atoms with Gasteiger partial charge in [-0.05, 0) is 74.4 Å². The molecule has 1 aliphatic heterocycles. The molecule has 0 unspecified atom stereocenters. The van der Waals surface area contributed by atoms with Crippen LogP contribution in [0.25, 0.3) is 51.0 Å². The SMILES string of the molecule is CC(C)c1cccc(C(C)C)c1-n1ccnc1-c1ncc(C(C)(C)C(C)(C)c2[c-]c3c(cc2)N(C)B(c2c(-c4ccccc4)cccc2-c2ccccc2)n2ccnc2-3)[n-]1.[Pt+2]. The fraction of sp³-hybridized carbons (Fsp3) is 0.250. The van der Waals surface area contributed by atoms with Gasteiger partial charge in [0, 0.05) is 30.6 Å². The van der Waals surface area contributed by atoms with Gasteiger partial charge in [0.2, 0.25) is 0 Å². The minimum Gasteiger partial charge on any atom is -0.440 e. The van der Waals surface area contributed by atoms with Crippen LogP contribution in [0.2, 0.25) is 0 Å². The Labute approximate surface area is 375 Å². The number of fused-ring (bicyclic) bond motifs is 3. The number of para-hydroxylation sites is 1. The Morgan fingerprint density at radius 1 is 0.639 bits per heavy atom. The van der Waals surface area contributed by atoms with Crippen molar-refractivity contribution in [3.63, 3.8) is 0 Å². The molecule has 0 atom stereocenters. The van der Waals surface area contributed by atoms with Crippen LogP contribution in [-0.4, -0.2) is 38.0 Å². The topological polar surface area (TPSA) is 65.9 Å². The molecule has 8 aromatic rings. The molecule has 61 heavy (non-hydrogen) atoms. The maximum absolute atomic E-state index is 5.26. The second kappa shape index (κ2) is 16.3. The summed E-state index contributed by atoms with van der Waals surface area (Å²) in [6.45, 7) is 17.9. The summed E-state index contributed by atoms with van der Waals surface area (Å²) >= 11 is 0. The fourth-order valence-corrected chi connectivity index (χ4v) is 9.05. The van der Waals surface area contributed by atoms with Crippen LogP contribution in [0.1, 0.15) is 89.6 Å². The van der Waals surface area contributed by atoms with Gasteiger partial charge >= 0.3 is 28.0 Å². The number of imidazole rings is 3. The van der Waals surface area contributed by atoms with Gasteiger partial charge in [-0.1, -0.05) is 176 Å². The molecule has 9 heteroatoms. The quantitative estimate of drug-likeness (QED) is 0.101. The van der Waals surface area contributed by atoms with E-state index in [0.29, 0.717) is 17.7 Å². The Balaban J connectivity index is 0.00000514. The Bertz CT molecular complexity index is 2730. The first-order valence-corrected chi connectivity index (χ1v) is 21.1. The number of nitrogens with zero attached hydrogens (tertiary/aromatic N) is 7. The maximum Gasteiger partial charge on any atom is 2.00 e. The smallest absolute Gasteiger partial charge is 0.440 e. The van der Waals surface area contributed by atoms with Crippen LogP contribution in [-0.2, 0) is 31.9 Å². The van der Waals surface area contributed by atoms with Gasteiger partial charge in [0.05, 0.1) is 5.69 Å². The largest absolute Gasteiger partial charge is 2.00 e. The molecule has 3 aromatic heterocycles. The Morgan fingerprint density at radius 3 is 1.82 bits per heavy atom. The van der Waals surface area contributed by atoms with E-state index in [1.165, 1.54) is 44.5 Å². The number of anilines is 1. The second-order valence-corrected chi connectivity index (χ2v) is 17.8. The average molecular weight is 981 g/mol. The van der Waals surface area contributed by atoms with E-state index in [2.05, 4.69) is 198 Å². The summed E-state index contributed by atoms with van der Waals surface area (Å²) in [4.78, 5) is 22.5. The predicted molar refractivity (Wildman–Crippen MR) is 247 cm³/mol. The van der Waals surface area contributed by atoms with E-state index in [9.17, 15) is 0 Å². The molecule has 0 saturated carbocycles. The van der Waals surface area contributed by atoms with E-state index in [0.717, 1.165) is 34.2 Å².